The van der Waals surface area contributed by atoms with E-state index in [0.717, 1.165) is 28.6 Å². The molecule has 0 fully saturated rings. The molecule has 0 spiro atoms. The number of alkyl halides is 1. The molecule has 0 saturated carbocycles. The fourth-order valence-electron chi connectivity index (χ4n) is 2.05. The topological polar surface area (TPSA) is 43.6 Å². The Kier molecular flexibility index (Phi) is 3.29. The van der Waals surface area contributed by atoms with Crippen molar-refractivity contribution in [2.75, 3.05) is 0 Å². The lowest BCUT2D eigenvalue weighted by atomic mass is 10.1. The Morgan fingerprint density at radius 1 is 1.32 bits per heavy atom. The normalized spacial score (nSPS) is 12.7. The predicted octanol–water partition coefficient (Wildman–Crippen LogP) is 3.66. The second-order valence-electron chi connectivity index (χ2n) is 4.34. The molecule has 0 bridgehead atoms. The van der Waals surface area contributed by atoms with Gasteiger partial charge in [-0.2, -0.15) is 0 Å². The summed E-state index contributed by atoms with van der Waals surface area (Å²) in [6, 6.07) is 8.09. The molecule has 3 rings (SSSR count). The number of nitrogens with zero attached hydrogens (tertiary/aromatic N) is 4. The number of rotatable bonds is 3. The molecule has 0 aliphatic heterocycles. The van der Waals surface area contributed by atoms with Gasteiger partial charge in [-0.1, -0.05) is 40.2 Å². The Labute approximate surface area is 119 Å². The molecule has 2 aromatic heterocycles. The number of pyridine rings is 1. The summed E-state index contributed by atoms with van der Waals surface area (Å²) in [5.74, 6) is 0. The quantitative estimate of drug-likeness (QED) is 0.692. The molecule has 0 aliphatic carbocycles. The molecule has 4 nitrogen and oxygen atoms in total. The van der Waals surface area contributed by atoms with E-state index in [1.807, 2.05) is 41.3 Å². The zero-order valence-electron chi connectivity index (χ0n) is 10.5. The summed E-state index contributed by atoms with van der Waals surface area (Å²) in [5, 5.41) is 10.7. The van der Waals surface area contributed by atoms with Crippen LogP contribution in [0.2, 0.25) is 0 Å². The molecule has 96 valence electrons. The van der Waals surface area contributed by atoms with E-state index in [1.54, 1.807) is 6.20 Å². The monoisotopic (exact) mass is 316 g/mol. The first kappa shape index (κ1) is 12.3. The van der Waals surface area contributed by atoms with Gasteiger partial charge in [0.15, 0.2) is 0 Å². The third-order valence-electron chi connectivity index (χ3n) is 3.10. The highest BCUT2D eigenvalue weighted by Gasteiger charge is 2.11. The first-order chi connectivity index (χ1) is 9.29. The van der Waals surface area contributed by atoms with Gasteiger partial charge in [0, 0.05) is 23.2 Å². The van der Waals surface area contributed by atoms with E-state index in [4.69, 9.17) is 0 Å². The van der Waals surface area contributed by atoms with Crippen LogP contribution in [0.4, 0.5) is 0 Å². The van der Waals surface area contributed by atoms with Gasteiger partial charge in [-0.15, -0.1) is 5.10 Å². The Morgan fingerprint density at radius 2 is 2.21 bits per heavy atom. The number of aromatic nitrogens is 4. The maximum absolute atomic E-state index is 4.22. The lowest BCUT2D eigenvalue weighted by molar-refractivity contribution is 0.794. The summed E-state index contributed by atoms with van der Waals surface area (Å²) in [4.78, 5) is 4.39. The highest BCUT2D eigenvalue weighted by molar-refractivity contribution is 9.09. The molecule has 1 atom stereocenters. The standard InChI is InChI=1S/C14H13BrN4/c1-2-12(15)13-9-19(18-17-13)14-5-3-4-10-8-16-7-6-11(10)14/h3-9,12H,2H2,1H3. The number of fused-ring (bicyclic) bond motifs is 1. The molecular formula is C14H13BrN4. The van der Waals surface area contributed by atoms with E-state index in [1.165, 1.54) is 0 Å². The van der Waals surface area contributed by atoms with Crippen molar-refractivity contribution in [2.24, 2.45) is 0 Å². The fourth-order valence-corrected chi connectivity index (χ4v) is 2.26. The van der Waals surface area contributed by atoms with E-state index in [2.05, 4.69) is 38.1 Å². The number of benzene rings is 1. The fraction of sp³-hybridized carbons (Fsp3) is 0.214. The van der Waals surface area contributed by atoms with Gasteiger partial charge in [0.1, 0.15) is 0 Å². The van der Waals surface area contributed by atoms with Gasteiger partial charge < -0.3 is 0 Å². The maximum Gasteiger partial charge on any atom is 0.0967 e. The summed E-state index contributed by atoms with van der Waals surface area (Å²) < 4.78 is 1.82. The molecule has 0 amide bonds. The SMILES string of the molecule is CCC(Br)c1cn(-c2cccc3cnccc23)nn1. The van der Waals surface area contributed by atoms with Crippen molar-refractivity contribution in [1.82, 2.24) is 20.0 Å². The van der Waals surface area contributed by atoms with Crippen LogP contribution in [0.3, 0.4) is 0 Å². The molecule has 0 radical (unpaired) electrons. The Balaban J connectivity index is 2.12. The molecule has 3 aromatic rings. The van der Waals surface area contributed by atoms with Crippen molar-refractivity contribution in [3.8, 4) is 5.69 Å². The van der Waals surface area contributed by atoms with Crippen molar-refractivity contribution in [3.63, 3.8) is 0 Å². The number of hydrogen-bond acceptors (Lipinski definition) is 3. The number of halogens is 1. The third-order valence-corrected chi connectivity index (χ3v) is 4.21. The molecule has 2 heterocycles. The van der Waals surface area contributed by atoms with Gasteiger partial charge >= 0.3 is 0 Å². The van der Waals surface area contributed by atoms with Gasteiger partial charge in [-0.3, -0.25) is 4.98 Å². The van der Waals surface area contributed by atoms with Crippen molar-refractivity contribution < 1.29 is 0 Å². The van der Waals surface area contributed by atoms with Crippen molar-refractivity contribution in [1.29, 1.82) is 0 Å². The minimum Gasteiger partial charge on any atom is -0.264 e. The minimum absolute atomic E-state index is 0.248. The van der Waals surface area contributed by atoms with E-state index >= 15 is 0 Å². The average Bonchev–Trinajstić information content (AvgIpc) is 2.95. The molecule has 5 heteroatoms. The second kappa shape index (κ2) is 5.09. The number of hydrogen-bond donors (Lipinski definition) is 0. The van der Waals surface area contributed by atoms with Crippen LogP contribution in [0.15, 0.2) is 42.9 Å². The van der Waals surface area contributed by atoms with Gasteiger partial charge in [-0.25, -0.2) is 4.68 Å². The summed E-state index contributed by atoms with van der Waals surface area (Å²) in [7, 11) is 0. The zero-order chi connectivity index (χ0) is 13.2. The highest BCUT2D eigenvalue weighted by atomic mass is 79.9. The van der Waals surface area contributed by atoms with Crippen LogP contribution < -0.4 is 0 Å². The molecule has 1 aromatic carbocycles. The first-order valence-corrected chi connectivity index (χ1v) is 7.10. The summed E-state index contributed by atoms with van der Waals surface area (Å²) in [6.07, 6.45) is 6.61. The lowest BCUT2D eigenvalue weighted by Crippen LogP contribution is -1.96. The van der Waals surface area contributed by atoms with Crippen molar-refractivity contribution in [2.45, 2.75) is 18.2 Å². The molecule has 0 saturated heterocycles. The van der Waals surface area contributed by atoms with Gasteiger partial charge in [0.2, 0.25) is 0 Å². The average molecular weight is 317 g/mol. The van der Waals surface area contributed by atoms with E-state index < -0.39 is 0 Å². The lowest BCUT2D eigenvalue weighted by Gasteiger charge is -2.05. The highest BCUT2D eigenvalue weighted by Crippen LogP contribution is 2.26. The molecule has 0 aliphatic rings. The van der Waals surface area contributed by atoms with Gasteiger partial charge in [0.25, 0.3) is 0 Å². The van der Waals surface area contributed by atoms with Crippen LogP contribution in [-0.4, -0.2) is 20.0 Å². The van der Waals surface area contributed by atoms with E-state index in [-0.39, 0.29) is 4.83 Å². The van der Waals surface area contributed by atoms with Crippen LogP contribution in [0.1, 0.15) is 23.9 Å². The maximum atomic E-state index is 4.22. The third kappa shape index (κ3) is 2.26. The molecule has 19 heavy (non-hydrogen) atoms. The van der Waals surface area contributed by atoms with Crippen LogP contribution in [-0.2, 0) is 0 Å². The van der Waals surface area contributed by atoms with Crippen LogP contribution in [0, 0.1) is 0 Å². The molecule has 1 unspecified atom stereocenters. The Hall–Kier alpha value is -1.75. The predicted molar refractivity (Wildman–Crippen MR) is 78.6 cm³/mol. The van der Waals surface area contributed by atoms with Crippen molar-refractivity contribution in [3.05, 3.63) is 48.5 Å². The summed E-state index contributed by atoms with van der Waals surface area (Å²) in [6.45, 7) is 2.11. The van der Waals surface area contributed by atoms with E-state index in [0.29, 0.717) is 0 Å². The minimum atomic E-state index is 0.248. The molecule has 0 N–H and O–H groups in total. The summed E-state index contributed by atoms with van der Waals surface area (Å²) in [5.41, 5.74) is 1.98. The molecular weight excluding hydrogens is 304 g/mol. The zero-order valence-corrected chi connectivity index (χ0v) is 12.1. The smallest absolute Gasteiger partial charge is 0.0967 e. The second-order valence-corrected chi connectivity index (χ2v) is 5.44. The van der Waals surface area contributed by atoms with E-state index in [9.17, 15) is 0 Å². The summed E-state index contributed by atoms with van der Waals surface area (Å²) >= 11 is 3.59. The van der Waals surface area contributed by atoms with Crippen molar-refractivity contribution >= 4 is 26.7 Å². The Morgan fingerprint density at radius 3 is 3.05 bits per heavy atom. The first-order valence-electron chi connectivity index (χ1n) is 6.19. The van der Waals surface area contributed by atoms with Crippen LogP contribution >= 0.6 is 15.9 Å². The van der Waals surface area contributed by atoms with Gasteiger partial charge in [-0.05, 0) is 18.6 Å². The van der Waals surface area contributed by atoms with Crippen LogP contribution in [0.5, 0.6) is 0 Å². The Bertz CT molecular complexity index is 702. The van der Waals surface area contributed by atoms with Crippen LogP contribution in [0.25, 0.3) is 16.5 Å². The largest absolute Gasteiger partial charge is 0.264 e. The van der Waals surface area contributed by atoms with Gasteiger partial charge in [0.05, 0.1) is 22.4 Å².